The maximum Gasteiger partial charge on any atom is 0.190 e. The number of benzene rings is 2. The Morgan fingerprint density at radius 1 is 1.00 bits per heavy atom. The molecule has 1 aromatic heterocycles. The van der Waals surface area contributed by atoms with Crippen LogP contribution in [0, 0.1) is 0 Å². The van der Waals surface area contributed by atoms with E-state index in [4.69, 9.17) is 0 Å². The van der Waals surface area contributed by atoms with Gasteiger partial charge in [0.1, 0.15) is 5.75 Å². The van der Waals surface area contributed by atoms with Crippen molar-refractivity contribution in [2.75, 3.05) is 20.1 Å². The molecule has 1 heterocycles. The van der Waals surface area contributed by atoms with Crippen molar-refractivity contribution >= 4 is 16.9 Å². The number of aryl methyl sites for hydroxylation is 1. The molecule has 5 heteroatoms. The van der Waals surface area contributed by atoms with Crippen LogP contribution in [0.1, 0.15) is 17.5 Å². The molecule has 3 aromatic rings. The number of fused-ring (bicyclic) bond motifs is 1. The summed E-state index contributed by atoms with van der Waals surface area (Å²) in [6.07, 6.45) is 5.01. The zero-order valence-corrected chi connectivity index (χ0v) is 15.1. The average Bonchev–Trinajstić information content (AvgIpc) is 3.08. The molecule has 136 valence electrons. The Morgan fingerprint density at radius 2 is 1.77 bits per heavy atom. The lowest BCUT2D eigenvalue weighted by Crippen LogP contribution is -2.38. The normalized spacial score (nSPS) is 11.7. The van der Waals surface area contributed by atoms with Gasteiger partial charge in [-0.1, -0.05) is 30.3 Å². The minimum atomic E-state index is 0.312. The Kier molecular flexibility index (Phi) is 6.14. The third-order valence-corrected chi connectivity index (χ3v) is 4.46. The molecule has 0 aliphatic carbocycles. The van der Waals surface area contributed by atoms with Gasteiger partial charge in [0.25, 0.3) is 0 Å². The Labute approximate surface area is 154 Å². The molecule has 0 bridgehead atoms. The van der Waals surface area contributed by atoms with E-state index in [9.17, 15) is 5.11 Å². The second-order valence-corrected chi connectivity index (χ2v) is 6.31. The lowest BCUT2D eigenvalue weighted by atomic mass is 10.1. The predicted molar refractivity (Wildman–Crippen MR) is 108 cm³/mol. The van der Waals surface area contributed by atoms with E-state index in [0.717, 1.165) is 38.3 Å². The summed E-state index contributed by atoms with van der Waals surface area (Å²) < 4.78 is 0. The molecular formula is C21H26N4O. The van der Waals surface area contributed by atoms with E-state index in [1.165, 1.54) is 22.0 Å². The van der Waals surface area contributed by atoms with E-state index < -0.39 is 0 Å². The number of phenols is 1. The van der Waals surface area contributed by atoms with Crippen LogP contribution in [0.4, 0.5) is 0 Å². The number of rotatable bonds is 7. The maximum atomic E-state index is 9.30. The summed E-state index contributed by atoms with van der Waals surface area (Å²) in [5.74, 6) is 1.14. The second-order valence-electron chi connectivity index (χ2n) is 6.31. The second kappa shape index (κ2) is 8.94. The van der Waals surface area contributed by atoms with Crippen molar-refractivity contribution < 1.29 is 5.11 Å². The number of para-hydroxylation sites is 1. The van der Waals surface area contributed by atoms with E-state index >= 15 is 0 Å². The smallest absolute Gasteiger partial charge is 0.190 e. The molecule has 0 saturated heterocycles. The molecule has 0 aliphatic heterocycles. The molecule has 0 atom stereocenters. The molecule has 0 unspecified atom stereocenters. The van der Waals surface area contributed by atoms with Gasteiger partial charge in [-0.25, -0.2) is 0 Å². The highest BCUT2D eigenvalue weighted by molar-refractivity contribution is 5.83. The zero-order chi connectivity index (χ0) is 18.2. The third-order valence-electron chi connectivity index (χ3n) is 4.46. The van der Waals surface area contributed by atoms with Crippen molar-refractivity contribution in [3.05, 3.63) is 65.9 Å². The van der Waals surface area contributed by atoms with Crippen LogP contribution in [-0.4, -0.2) is 36.2 Å². The van der Waals surface area contributed by atoms with Gasteiger partial charge in [-0.15, -0.1) is 0 Å². The highest BCUT2D eigenvalue weighted by Crippen LogP contribution is 2.17. The number of aromatic nitrogens is 1. The molecule has 0 spiro atoms. The number of aromatic amines is 1. The van der Waals surface area contributed by atoms with Crippen LogP contribution in [0.5, 0.6) is 5.75 Å². The van der Waals surface area contributed by atoms with Crippen LogP contribution >= 0.6 is 0 Å². The Balaban J connectivity index is 1.38. The van der Waals surface area contributed by atoms with Gasteiger partial charge in [-0.05, 0) is 48.6 Å². The minimum Gasteiger partial charge on any atom is -0.508 e. The lowest BCUT2D eigenvalue weighted by Gasteiger charge is -2.11. The van der Waals surface area contributed by atoms with E-state index in [1.54, 1.807) is 19.2 Å². The van der Waals surface area contributed by atoms with Gasteiger partial charge in [0.15, 0.2) is 5.96 Å². The summed E-state index contributed by atoms with van der Waals surface area (Å²) in [5, 5.41) is 17.3. The number of nitrogens with zero attached hydrogens (tertiary/aromatic N) is 1. The zero-order valence-electron chi connectivity index (χ0n) is 15.1. The van der Waals surface area contributed by atoms with Crippen molar-refractivity contribution in [1.82, 2.24) is 15.6 Å². The fourth-order valence-corrected chi connectivity index (χ4v) is 3.04. The first kappa shape index (κ1) is 17.9. The highest BCUT2D eigenvalue weighted by atomic mass is 16.3. The molecule has 0 fully saturated rings. The minimum absolute atomic E-state index is 0.312. The van der Waals surface area contributed by atoms with Crippen LogP contribution < -0.4 is 10.6 Å². The largest absolute Gasteiger partial charge is 0.508 e. The topological polar surface area (TPSA) is 72.4 Å². The van der Waals surface area contributed by atoms with E-state index in [2.05, 4.69) is 45.0 Å². The molecule has 26 heavy (non-hydrogen) atoms. The van der Waals surface area contributed by atoms with Crippen molar-refractivity contribution in [2.45, 2.75) is 19.3 Å². The van der Waals surface area contributed by atoms with Crippen LogP contribution in [0.2, 0.25) is 0 Å². The van der Waals surface area contributed by atoms with Crippen molar-refractivity contribution in [1.29, 1.82) is 0 Å². The number of aromatic hydroxyl groups is 1. The van der Waals surface area contributed by atoms with Gasteiger partial charge in [0, 0.05) is 37.2 Å². The molecule has 5 nitrogen and oxygen atoms in total. The molecule has 0 radical (unpaired) electrons. The molecule has 4 N–H and O–H groups in total. The van der Waals surface area contributed by atoms with Gasteiger partial charge < -0.3 is 20.7 Å². The molecule has 3 rings (SSSR count). The SMILES string of the molecule is CN=C(NCCCc1ccc(O)cc1)NCCc1c[nH]c2ccccc12. The van der Waals surface area contributed by atoms with Crippen LogP contribution in [-0.2, 0) is 12.8 Å². The van der Waals surface area contributed by atoms with E-state index in [-0.39, 0.29) is 0 Å². The Bertz CT molecular complexity index is 852. The van der Waals surface area contributed by atoms with Gasteiger partial charge in [0.05, 0.1) is 0 Å². The molecule has 0 saturated carbocycles. The summed E-state index contributed by atoms with van der Waals surface area (Å²) in [5.41, 5.74) is 3.72. The quantitative estimate of drug-likeness (QED) is 0.300. The van der Waals surface area contributed by atoms with Crippen LogP contribution in [0.25, 0.3) is 10.9 Å². The first-order chi connectivity index (χ1) is 12.8. The molecular weight excluding hydrogens is 324 g/mol. The summed E-state index contributed by atoms with van der Waals surface area (Å²) in [6, 6.07) is 15.8. The van der Waals surface area contributed by atoms with Gasteiger partial charge in [-0.3, -0.25) is 4.99 Å². The average molecular weight is 350 g/mol. The van der Waals surface area contributed by atoms with E-state index in [1.807, 2.05) is 18.2 Å². The summed E-state index contributed by atoms with van der Waals surface area (Å²) in [6.45, 7) is 1.69. The van der Waals surface area contributed by atoms with Crippen LogP contribution in [0.15, 0.2) is 59.7 Å². The summed E-state index contributed by atoms with van der Waals surface area (Å²) in [4.78, 5) is 7.59. The first-order valence-electron chi connectivity index (χ1n) is 9.03. The molecule has 2 aromatic carbocycles. The monoisotopic (exact) mass is 350 g/mol. The van der Waals surface area contributed by atoms with Gasteiger partial charge in [0.2, 0.25) is 0 Å². The third kappa shape index (κ3) is 4.79. The summed E-state index contributed by atoms with van der Waals surface area (Å²) >= 11 is 0. The van der Waals surface area contributed by atoms with Crippen LogP contribution in [0.3, 0.4) is 0 Å². The van der Waals surface area contributed by atoms with Crippen molar-refractivity contribution in [3.63, 3.8) is 0 Å². The number of nitrogens with one attached hydrogen (secondary N) is 3. The Hall–Kier alpha value is -2.95. The summed E-state index contributed by atoms with van der Waals surface area (Å²) in [7, 11) is 1.79. The van der Waals surface area contributed by atoms with Gasteiger partial charge >= 0.3 is 0 Å². The number of H-pyrrole nitrogens is 1. The predicted octanol–water partition coefficient (Wildman–Crippen LogP) is 3.21. The number of guanidine groups is 1. The fourth-order valence-electron chi connectivity index (χ4n) is 3.04. The maximum absolute atomic E-state index is 9.30. The standard InChI is InChI=1S/C21H26N4O/c1-22-21(23-13-4-5-16-8-10-18(26)11-9-16)24-14-12-17-15-25-20-7-3-2-6-19(17)20/h2-3,6-11,15,25-26H,4-5,12-14H2,1H3,(H2,22,23,24). The van der Waals surface area contributed by atoms with E-state index in [0.29, 0.717) is 5.75 Å². The fraction of sp³-hybridized carbons (Fsp3) is 0.286. The molecule has 0 aliphatic rings. The Morgan fingerprint density at radius 3 is 2.58 bits per heavy atom. The van der Waals surface area contributed by atoms with Crippen molar-refractivity contribution in [2.24, 2.45) is 4.99 Å². The van der Waals surface area contributed by atoms with Crippen molar-refractivity contribution in [3.8, 4) is 5.75 Å². The number of hydrogen-bond donors (Lipinski definition) is 4. The number of aliphatic imine (C=N–C) groups is 1. The highest BCUT2D eigenvalue weighted by Gasteiger charge is 2.03. The lowest BCUT2D eigenvalue weighted by molar-refractivity contribution is 0.475. The first-order valence-corrected chi connectivity index (χ1v) is 9.03. The number of hydrogen-bond acceptors (Lipinski definition) is 2. The van der Waals surface area contributed by atoms with Gasteiger partial charge in [-0.2, -0.15) is 0 Å². The molecule has 0 amide bonds. The number of phenolic OH excluding ortho intramolecular Hbond substituents is 1.